The van der Waals surface area contributed by atoms with Crippen molar-refractivity contribution in [1.82, 2.24) is 10.2 Å². The molecule has 4 N–H and O–H groups in total. The molecule has 1 unspecified atom stereocenters. The summed E-state index contributed by atoms with van der Waals surface area (Å²) in [5.74, 6) is -1.71. The van der Waals surface area contributed by atoms with E-state index in [0.29, 0.717) is 6.54 Å². The van der Waals surface area contributed by atoms with Gasteiger partial charge in [0.2, 0.25) is 5.91 Å². The Kier molecular flexibility index (Phi) is 5.35. The van der Waals surface area contributed by atoms with Gasteiger partial charge in [0.15, 0.2) is 0 Å². The summed E-state index contributed by atoms with van der Waals surface area (Å²) in [5.41, 5.74) is 3.84. The number of unbranched alkanes of at least 4 members (excludes halogenated alkanes) is 1. The lowest BCUT2D eigenvalue weighted by Crippen LogP contribution is -2.58. The molecule has 7 nitrogen and oxygen atoms in total. The van der Waals surface area contributed by atoms with Gasteiger partial charge in [0.25, 0.3) is 0 Å². The molecule has 1 fully saturated rings. The first-order chi connectivity index (χ1) is 9.31. The van der Waals surface area contributed by atoms with E-state index in [-0.39, 0.29) is 12.5 Å². The standard InChI is InChI=1S/C13H23N3O4/c1-3-4-7-16(8-10(14)17)12(20)15-13(2,11(18)19)9-5-6-9/h9H,3-8H2,1-2H3,(H2,14,17)(H,15,20)(H,18,19). The molecule has 0 radical (unpaired) electrons. The molecule has 0 heterocycles. The monoisotopic (exact) mass is 285 g/mol. The van der Waals surface area contributed by atoms with Crippen molar-refractivity contribution in [3.63, 3.8) is 0 Å². The molecule has 1 aliphatic rings. The van der Waals surface area contributed by atoms with E-state index in [2.05, 4.69) is 5.32 Å². The molecule has 0 bridgehead atoms. The van der Waals surface area contributed by atoms with Gasteiger partial charge in [-0.25, -0.2) is 9.59 Å². The van der Waals surface area contributed by atoms with Crippen LogP contribution in [0.15, 0.2) is 0 Å². The van der Waals surface area contributed by atoms with E-state index in [9.17, 15) is 19.5 Å². The van der Waals surface area contributed by atoms with E-state index < -0.39 is 23.4 Å². The quantitative estimate of drug-likeness (QED) is 0.604. The van der Waals surface area contributed by atoms with Crippen molar-refractivity contribution in [2.45, 2.75) is 45.1 Å². The molecule has 1 rings (SSSR count). The zero-order chi connectivity index (χ0) is 15.3. The number of hydrogen-bond acceptors (Lipinski definition) is 3. The second kappa shape index (κ2) is 6.58. The minimum atomic E-state index is -1.28. The Bertz CT molecular complexity index is 395. The highest BCUT2D eigenvalue weighted by Gasteiger charge is 2.49. The second-order valence-corrected chi connectivity index (χ2v) is 5.45. The van der Waals surface area contributed by atoms with Gasteiger partial charge in [0, 0.05) is 6.54 Å². The lowest BCUT2D eigenvalue weighted by atomic mass is 9.96. The number of carboxylic acid groups (broad SMARTS) is 1. The van der Waals surface area contributed by atoms with E-state index in [1.165, 1.54) is 11.8 Å². The Hall–Kier alpha value is -1.79. The van der Waals surface area contributed by atoms with Crippen LogP contribution in [0, 0.1) is 5.92 Å². The number of aliphatic carboxylic acids is 1. The molecule has 1 aliphatic carbocycles. The van der Waals surface area contributed by atoms with Crippen LogP contribution in [0.4, 0.5) is 4.79 Å². The smallest absolute Gasteiger partial charge is 0.329 e. The zero-order valence-corrected chi connectivity index (χ0v) is 12.0. The molecule has 0 spiro atoms. The van der Waals surface area contributed by atoms with Crippen LogP contribution in [0.3, 0.4) is 0 Å². The van der Waals surface area contributed by atoms with Crippen LogP contribution in [0.1, 0.15) is 39.5 Å². The van der Waals surface area contributed by atoms with Crippen molar-refractivity contribution in [1.29, 1.82) is 0 Å². The van der Waals surface area contributed by atoms with Crippen molar-refractivity contribution in [2.24, 2.45) is 11.7 Å². The molecule has 0 saturated heterocycles. The normalized spacial score (nSPS) is 17.1. The fourth-order valence-corrected chi connectivity index (χ4v) is 2.08. The molecule has 20 heavy (non-hydrogen) atoms. The highest BCUT2D eigenvalue weighted by Crippen LogP contribution is 2.39. The molecule has 114 valence electrons. The molecule has 0 aromatic rings. The number of carbonyl (C=O) groups excluding carboxylic acids is 2. The lowest BCUT2D eigenvalue weighted by Gasteiger charge is -2.30. The van der Waals surface area contributed by atoms with E-state index in [0.717, 1.165) is 25.7 Å². The fraction of sp³-hybridized carbons (Fsp3) is 0.769. The fourth-order valence-electron chi connectivity index (χ4n) is 2.08. The van der Waals surface area contributed by atoms with Crippen LogP contribution >= 0.6 is 0 Å². The summed E-state index contributed by atoms with van der Waals surface area (Å²) in [5, 5.41) is 11.9. The molecule has 7 heteroatoms. The van der Waals surface area contributed by atoms with Crippen molar-refractivity contribution in [2.75, 3.05) is 13.1 Å². The number of nitrogens with one attached hydrogen (secondary N) is 1. The molecule has 0 aromatic heterocycles. The third-order valence-corrected chi connectivity index (χ3v) is 3.62. The van der Waals surface area contributed by atoms with Gasteiger partial charge in [-0.1, -0.05) is 13.3 Å². The summed E-state index contributed by atoms with van der Waals surface area (Å²) in [6.07, 6.45) is 3.16. The summed E-state index contributed by atoms with van der Waals surface area (Å²) < 4.78 is 0. The summed E-state index contributed by atoms with van der Waals surface area (Å²) in [4.78, 5) is 35.8. The van der Waals surface area contributed by atoms with E-state index in [1.807, 2.05) is 6.92 Å². The minimum absolute atomic E-state index is 0.0504. The second-order valence-electron chi connectivity index (χ2n) is 5.45. The summed E-state index contributed by atoms with van der Waals surface area (Å²) >= 11 is 0. The predicted octanol–water partition coefficient (Wildman–Crippen LogP) is 0.537. The molecule has 1 saturated carbocycles. The number of primary amides is 1. The number of carboxylic acids is 1. The Morgan fingerprint density at radius 1 is 1.40 bits per heavy atom. The number of nitrogens with zero attached hydrogens (tertiary/aromatic N) is 1. The van der Waals surface area contributed by atoms with E-state index in [4.69, 9.17) is 5.73 Å². The average Bonchev–Trinajstić information content (AvgIpc) is 3.17. The number of amides is 3. The van der Waals surface area contributed by atoms with Crippen molar-refractivity contribution in [3.05, 3.63) is 0 Å². The van der Waals surface area contributed by atoms with Crippen LogP contribution in [-0.2, 0) is 9.59 Å². The number of nitrogens with two attached hydrogens (primary N) is 1. The van der Waals surface area contributed by atoms with Gasteiger partial charge in [-0.05, 0) is 32.1 Å². The highest BCUT2D eigenvalue weighted by molar-refractivity contribution is 5.88. The van der Waals surface area contributed by atoms with Crippen LogP contribution in [-0.4, -0.2) is 46.5 Å². The maximum Gasteiger partial charge on any atom is 0.329 e. The Labute approximate surface area is 118 Å². The number of carbonyl (C=O) groups is 3. The first kappa shape index (κ1) is 16.3. The first-order valence-corrected chi connectivity index (χ1v) is 6.90. The van der Waals surface area contributed by atoms with Gasteiger partial charge >= 0.3 is 12.0 Å². The topological polar surface area (TPSA) is 113 Å². The van der Waals surface area contributed by atoms with Gasteiger partial charge < -0.3 is 21.1 Å². The predicted molar refractivity (Wildman–Crippen MR) is 73.0 cm³/mol. The minimum Gasteiger partial charge on any atom is -0.480 e. The van der Waals surface area contributed by atoms with Gasteiger partial charge in [-0.2, -0.15) is 0 Å². The summed E-state index contributed by atoms with van der Waals surface area (Å²) in [7, 11) is 0. The van der Waals surface area contributed by atoms with Crippen molar-refractivity contribution >= 4 is 17.9 Å². The van der Waals surface area contributed by atoms with Crippen molar-refractivity contribution in [3.8, 4) is 0 Å². The van der Waals surface area contributed by atoms with Gasteiger partial charge in [0.05, 0.1) is 0 Å². The van der Waals surface area contributed by atoms with Gasteiger partial charge in [-0.15, -0.1) is 0 Å². The van der Waals surface area contributed by atoms with Gasteiger partial charge in [-0.3, -0.25) is 4.79 Å². The highest BCUT2D eigenvalue weighted by atomic mass is 16.4. The molecular formula is C13H23N3O4. The average molecular weight is 285 g/mol. The maximum absolute atomic E-state index is 12.2. The molecule has 1 atom stereocenters. The Morgan fingerprint density at radius 3 is 2.40 bits per heavy atom. The maximum atomic E-state index is 12.2. The number of hydrogen-bond donors (Lipinski definition) is 3. The lowest BCUT2D eigenvalue weighted by molar-refractivity contribution is -0.144. The van der Waals surface area contributed by atoms with Gasteiger partial charge in [0.1, 0.15) is 12.1 Å². The Balaban J connectivity index is 2.72. The number of rotatable bonds is 8. The largest absolute Gasteiger partial charge is 0.480 e. The third-order valence-electron chi connectivity index (χ3n) is 3.62. The van der Waals surface area contributed by atoms with Crippen LogP contribution in [0.5, 0.6) is 0 Å². The molecular weight excluding hydrogens is 262 g/mol. The summed E-state index contributed by atoms with van der Waals surface area (Å²) in [6.45, 7) is 3.65. The first-order valence-electron chi connectivity index (χ1n) is 6.90. The third kappa shape index (κ3) is 4.11. The molecule has 0 aromatic carbocycles. The summed E-state index contributed by atoms with van der Waals surface area (Å²) in [6, 6.07) is -0.547. The van der Waals surface area contributed by atoms with Crippen LogP contribution in [0.2, 0.25) is 0 Å². The van der Waals surface area contributed by atoms with Crippen molar-refractivity contribution < 1.29 is 19.5 Å². The van der Waals surface area contributed by atoms with E-state index >= 15 is 0 Å². The van der Waals surface area contributed by atoms with Crippen LogP contribution in [0.25, 0.3) is 0 Å². The molecule has 0 aliphatic heterocycles. The van der Waals surface area contributed by atoms with E-state index in [1.54, 1.807) is 0 Å². The molecule has 3 amide bonds. The zero-order valence-electron chi connectivity index (χ0n) is 12.0. The SMILES string of the molecule is CCCCN(CC(N)=O)C(=O)NC(C)(C(=O)O)C1CC1. The van der Waals surface area contributed by atoms with Crippen LogP contribution < -0.4 is 11.1 Å². The Morgan fingerprint density at radius 2 is 2.00 bits per heavy atom. The number of urea groups is 1.